The van der Waals surface area contributed by atoms with Crippen LogP contribution in [0.1, 0.15) is 229 Å². The highest BCUT2D eigenvalue weighted by molar-refractivity contribution is 7.01. The number of hydrogen-bond acceptors (Lipinski definition) is 0. The fourth-order valence-electron chi connectivity index (χ4n) is 21.2. The quantitative estimate of drug-likeness (QED) is 0.153. The summed E-state index contributed by atoms with van der Waals surface area (Å²) in [5.41, 5.74) is 37.1. The van der Waals surface area contributed by atoms with Crippen LogP contribution >= 0.6 is 0 Å². The minimum Gasteiger partial charge on any atom is -0.310 e. The fraction of sp³-hybridized carbons (Fsp3) is 0.379. The van der Waals surface area contributed by atoms with Crippen molar-refractivity contribution >= 4 is 66.6 Å². The molecule has 0 radical (unpaired) electrons. The van der Waals surface area contributed by atoms with Gasteiger partial charge in [-0.1, -0.05) is 232 Å². The van der Waals surface area contributed by atoms with Crippen LogP contribution in [0, 0.1) is 0 Å². The lowest BCUT2D eigenvalue weighted by Crippen LogP contribution is -2.61. The van der Waals surface area contributed by atoms with Crippen molar-refractivity contribution in [3.8, 4) is 44.9 Å². The van der Waals surface area contributed by atoms with Crippen LogP contribution in [0.15, 0.2) is 140 Å². The second-order valence-electron chi connectivity index (χ2n) is 35.2. The molecule has 5 aliphatic carbocycles. The van der Waals surface area contributed by atoms with Crippen LogP contribution in [0.5, 0.6) is 0 Å². The summed E-state index contributed by atoms with van der Waals surface area (Å²) in [6.45, 7) is 40.7. The standard InChI is InChI=1S/C87H87BN2/c1-79(2)35-37-81(5,6)60-44-49(29-31-57(60)79)67-54-43-48-23-17-18-24-51(48)72-75(54)89(74(67)50-30-32-58-61(45-50)82(7,8)38-36-80(58,3)4)66-34-33-59-77-73(66)88(72)65-47-63-71(86(15,16)42-40-84(63,11)12)69-68-70-62(83(9,10)39-41-85(70,13)14)46-64(76(68)90(77)78(65)69)87(59)55-27-21-19-25-52(55)53-26-20-22-28-56(53)87/h17-34,43-47H,35-42H2,1-16H3. The number of benzene rings is 9. The van der Waals surface area contributed by atoms with E-state index in [2.05, 4.69) is 259 Å². The average Bonchev–Trinajstić information content (AvgIpc) is 1.42. The van der Waals surface area contributed by atoms with Gasteiger partial charge in [0.15, 0.2) is 0 Å². The zero-order valence-corrected chi connectivity index (χ0v) is 56.4. The Hall–Kier alpha value is -7.36. The topological polar surface area (TPSA) is 9.86 Å². The Balaban J connectivity index is 1.08. The lowest BCUT2D eigenvalue weighted by atomic mass is 9.33. The lowest BCUT2D eigenvalue weighted by Gasteiger charge is -2.47. The number of nitrogens with zero attached hydrogens (tertiary/aromatic N) is 2. The van der Waals surface area contributed by atoms with E-state index >= 15 is 0 Å². The van der Waals surface area contributed by atoms with Crippen LogP contribution in [-0.4, -0.2) is 15.8 Å². The molecule has 0 atom stereocenters. The molecule has 0 saturated carbocycles. The molecule has 2 aromatic heterocycles. The lowest BCUT2D eigenvalue weighted by molar-refractivity contribution is 0.332. The molecular weight excluding hydrogens is 1080 g/mol. The van der Waals surface area contributed by atoms with Crippen LogP contribution in [0.25, 0.3) is 88.4 Å². The number of hydrogen-bond donors (Lipinski definition) is 0. The zero-order chi connectivity index (χ0) is 62.1. The third kappa shape index (κ3) is 6.31. The van der Waals surface area contributed by atoms with Crippen molar-refractivity contribution in [2.24, 2.45) is 0 Å². The first kappa shape index (κ1) is 54.4. The number of aromatic nitrogens is 2. The average molecular weight is 1170 g/mol. The highest BCUT2D eigenvalue weighted by atomic mass is 15.1. The van der Waals surface area contributed by atoms with Crippen molar-refractivity contribution in [1.29, 1.82) is 0 Å². The highest BCUT2D eigenvalue weighted by Gasteiger charge is 2.58. The van der Waals surface area contributed by atoms with Crippen LogP contribution in [-0.2, 0) is 48.7 Å². The summed E-state index contributed by atoms with van der Waals surface area (Å²) in [7, 11) is 0. The Labute approximate surface area is 534 Å². The molecule has 3 heteroatoms. The van der Waals surface area contributed by atoms with E-state index in [0.717, 1.165) is 25.7 Å². The van der Waals surface area contributed by atoms with E-state index in [1.165, 1.54) is 164 Å². The van der Waals surface area contributed by atoms with Gasteiger partial charge in [-0.2, -0.15) is 0 Å². The van der Waals surface area contributed by atoms with Gasteiger partial charge in [-0.25, -0.2) is 0 Å². The minimum atomic E-state index is -0.594. The summed E-state index contributed by atoms with van der Waals surface area (Å²) in [4.78, 5) is 0. The van der Waals surface area contributed by atoms with E-state index in [-0.39, 0.29) is 50.0 Å². The van der Waals surface area contributed by atoms with E-state index in [1.807, 2.05) is 0 Å². The van der Waals surface area contributed by atoms with Crippen LogP contribution < -0.4 is 16.4 Å². The third-order valence-corrected chi connectivity index (χ3v) is 26.5. The molecular formula is C87H87BN2. The highest BCUT2D eigenvalue weighted by Crippen LogP contribution is 2.66. The summed E-state index contributed by atoms with van der Waals surface area (Å²) in [5, 5.41) is 7.16. The molecule has 19 rings (SSSR count). The number of rotatable bonds is 2. The molecule has 8 aliphatic rings. The molecule has 2 nitrogen and oxygen atoms in total. The van der Waals surface area contributed by atoms with Gasteiger partial charge in [-0.3, -0.25) is 0 Å². The maximum atomic E-state index is 2.97. The fourth-order valence-corrected chi connectivity index (χ4v) is 21.2. The van der Waals surface area contributed by atoms with Crippen molar-refractivity contribution in [3.05, 3.63) is 206 Å². The number of fused-ring (bicyclic) bond motifs is 19. The van der Waals surface area contributed by atoms with Gasteiger partial charge in [0.25, 0.3) is 6.71 Å². The monoisotopic (exact) mass is 1170 g/mol. The summed E-state index contributed by atoms with van der Waals surface area (Å²) in [5.74, 6) is 0. The normalized spacial score (nSPS) is 21.3. The van der Waals surface area contributed by atoms with E-state index < -0.39 is 5.41 Å². The second kappa shape index (κ2) is 16.5. The van der Waals surface area contributed by atoms with Gasteiger partial charge in [-0.05, 0) is 229 Å². The van der Waals surface area contributed by atoms with Gasteiger partial charge in [0.2, 0.25) is 0 Å². The predicted molar refractivity (Wildman–Crippen MR) is 383 cm³/mol. The van der Waals surface area contributed by atoms with E-state index in [4.69, 9.17) is 0 Å². The summed E-state index contributed by atoms with van der Waals surface area (Å²) >= 11 is 0. The molecule has 0 amide bonds. The predicted octanol–water partition coefficient (Wildman–Crippen LogP) is 20.4. The van der Waals surface area contributed by atoms with E-state index in [0.29, 0.717) is 0 Å². The van der Waals surface area contributed by atoms with Crippen molar-refractivity contribution in [3.63, 3.8) is 0 Å². The first-order valence-electron chi connectivity index (χ1n) is 34.6. The van der Waals surface area contributed by atoms with E-state index in [9.17, 15) is 0 Å². The zero-order valence-electron chi connectivity index (χ0n) is 56.4. The van der Waals surface area contributed by atoms with Gasteiger partial charge in [0.05, 0.1) is 22.1 Å². The summed E-state index contributed by atoms with van der Waals surface area (Å²) < 4.78 is 5.85. The van der Waals surface area contributed by atoms with Crippen LogP contribution in [0.2, 0.25) is 0 Å². The van der Waals surface area contributed by atoms with Crippen LogP contribution in [0.4, 0.5) is 0 Å². The summed E-state index contributed by atoms with van der Waals surface area (Å²) in [6, 6.07) is 58.0. The Morgan fingerprint density at radius 2 is 0.811 bits per heavy atom. The molecule has 9 aromatic carbocycles. The Morgan fingerprint density at radius 1 is 0.333 bits per heavy atom. The SMILES string of the molecule is CC1(C)CCC(C)(C)c2cc(-c3c(-c4ccc5c(c4)C(C)(C)CCC5(C)C)n4c5c(c6ccccc6cc35)B3c5c-4ccc4c5-n5c6c3cc3c(c6c6c7c(cc(c65)C45c4ccccc4-c4ccccc45)C(C)(C)CCC7(C)C)C(C)(C)CCC3(C)C)ccc21. The molecule has 11 aromatic rings. The molecule has 5 heterocycles. The third-order valence-electron chi connectivity index (χ3n) is 26.5. The Morgan fingerprint density at radius 3 is 1.41 bits per heavy atom. The van der Waals surface area contributed by atoms with Gasteiger partial charge in [0, 0.05) is 38.6 Å². The molecule has 3 aliphatic heterocycles. The van der Waals surface area contributed by atoms with E-state index in [1.54, 1.807) is 33.0 Å². The molecule has 0 fully saturated rings. The minimum absolute atomic E-state index is 0.0218. The molecule has 0 unspecified atom stereocenters. The van der Waals surface area contributed by atoms with Crippen molar-refractivity contribution < 1.29 is 0 Å². The Bertz CT molecular complexity index is 5150. The van der Waals surface area contributed by atoms with Gasteiger partial charge < -0.3 is 9.13 Å². The molecule has 0 N–H and O–H groups in total. The molecule has 448 valence electrons. The maximum Gasteiger partial charge on any atom is 0.253 e. The first-order chi connectivity index (χ1) is 42.6. The summed E-state index contributed by atoms with van der Waals surface area (Å²) in [6.07, 6.45) is 9.34. The van der Waals surface area contributed by atoms with Crippen LogP contribution in [0.3, 0.4) is 0 Å². The molecule has 90 heavy (non-hydrogen) atoms. The molecule has 0 saturated heterocycles. The second-order valence-corrected chi connectivity index (χ2v) is 35.2. The van der Waals surface area contributed by atoms with Crippen molar-refractivity contribution in [1.82, 2.24) is 9.13 Å². The largest absolute Gasteiger partial charge is 0.310 e. The van der Waals surface area contributed by atoms with Gasteiger partial charge in [0.1, 0.15) is 0 Å². The first-order valence-corrected chi connectivity index (χ1v) is 34.6. The van der Waals surface area contributed by atoms with Crippen molar-refractivity contribution in [2.45, 2.75) is 211 Å². The smallest absolute Gasteiger partial charge is 0.253 e. The van der Waals surface area contributed by atoms with Gasteiger partial charge >= 0.3 is 0 Å². The Kier molecular flexibility index (Phi) is 9.94. The molecule has 0 bridgehead atoms. The molecule has 1 spiro atoms. The maximum absolute atomic E-state index is 2.97. The van der Waals surface area contributed by atoms with Crippen molar-refractivity contribution in [2.75, 3.05) is 0 Å². The van der Waals surface area contributed by atoms with Gasteiger partial charge in [-0.15, -0.1) is 0 Å².